The third-order valence-corrected chi connectivity index (χ3v) is 4.49. The first-order chi connectivity index (χ1) is 14.0. The fourth-order valence-electron chi connectivity index (χ4n) is 2.81. The SMILES string of the molecule is COc1cc(/C=C/C(=O)OCC(=O)Nc2cccc(C)c2C)cc2c1OCCO2. The summed E-state index contributed by atoms with van der Waals surface area (Å²) >= 11 is 0. The van der Waals surface area contributed by atoms with E-state index >= 15 is 0 Å². The Kier molecular flexibility index (Phi) is 6.39. The van der Waals surface area contributed by atoms with Crippen molar-refractivity contribution < 1.29 is 28.5 Å². The van der Waals surface area contributed by atoms with Crippen LogP contribution in [0.25, 0.3) is 6.08 Å². The van der Waals surface area contributed by atoms with Crippen molar-refractivity contribution in [1.29, 1.82) is 0 Å². The molecule has 152 valence electrons. The van der Waals surface area contributed by atoms with Crippen LogP contribution in [0.3, 0.4) is 0 Å². The highest BCUT2D eigenvalue weighted by molar-refractivity contribution is 5.95. The molecule has 0 atom stereocenters. The molecular formula is C22H23NO6. The lowest BCUT2D eigenvalue weighted by Crippen LogP contribution is -2.20. The number of methoxy groups -OCH3 is 1. The Hall–Kier alpha value is -3.48. The molecule has 1 heterocycles. The molecule has 7 heteroatoms. The summed E-state index contributed by atoms with van der Waals surface area (Å²) in [6.07, 6.45) is 2.81. The lowest BCUT2D eigenvalue weighted by atomic mass is 10.1. The van der Waals surface area contributed by atoms with Crippen molar-refractivity contribution in [3.8, 4) is 17.2 Å². The van der Waals surface area contributed by atoms with Gasteiger partial charge in [-0.15, -0.1) is 0 Å². The van der Waals surface area contributed by atoms with Gasteiger partial charge < -0.3 is 24.3 Å². The number of hydrogen-bond acceptors (Lipinski definition) is 6. The zero-order valence-corrected chi connectivity index (χ0v) is 16.6. The van der Waals surface area contributed by atoms with E-state index < -0.39 is 11.9 Å². The summed E-state index contributed by atoms with van der Waals surface area (Å²) in [7, 11) is 1.53. The zero-order chi connectivity index (χ0) is 20.8. The Morgan fingerprint density at radius 1 is 1.17 bits per heavy atom. The molecule has 0 radical (unpaired) electrons. The first-order valence-electron chi connectivity index (χ1n) is 9.16. The number of benzene rings is 2. The van der Waals surface area contributed by atoms with Gasteiger partial charge in [0.2, 0.25) is 5.75 Å². The average molecular weight is 397 g/mol. The van der Waals surface area contributed by atoms with Crippen LogP contribution in [0.15, 0.2) is 36.4 Å². The van der Waals surface area contributed by atoms with Gasteiger partial charge in [0.25, 0.3) is 5.91 Å². The van der Waals surface area contributed by atoms with Crippen molar-refractivity contribution in [2.24, 2.45) is 0 Å². The number of aryl methyl sites for hydroxylation is 1. The fourth-order valence-corrected chi connectivity index (χ4v) is 2.81. The van der Waals surface area contributed by atoms with Gasteiger partial charge in [0.05, 0.1) is 7.11 Å². The smallest absolute Gasteiger partial charge is 0.331 e. The highest BCUT2D eigenvalue weighted by Gasteiger charge is 2.18. The highest BCUT2D eigenvalue weighted by atomic mass is 16.6. The molecule has 0 aliphatic carbocycles. The maximum Gasteiger partial charge on any atom is 0.331 e. The Labute approximate surface area is 169 Å². The van der Waals surface area contributed by atoms with Crippen LogP contribution < -0.4 is 19.5 Å². The van der Waals surface area contributed by atoms with Crippen molar-refractivity contribution in [1.82, 2.24) is 0 Å². The maximum atomic E-state index is 12.0. The fraction of sp³-hybridized carbons (Fsp3) is 0.273. The number of esters is 1. The Morgan fingerprint density at radius 2 is 1.97 bits per heavy atom. The molecule has 0 unspecified atom stereocenters. The molecule has 2 aromatic carbocycles. The van der Waals surface area contributed by atoms with Crippen LogP contribution in [0.4, 0.5) is 5.69 Å². The molecule has 3 rings (SSSR count). The number of amides is 1. The number of anilines is 1. The first-order valence-corrected chi connectivity index (χ1v) is 9.16. The highest BCUT2D eigenvalue weighted by Crippen LogP contribution is 2.40. The summed E-state index contributed by atoms with van der Waals surface area (Å²) in [5.41, 5.74) is 3.42. The summed E-state index contributed by atoms with van der Waals surface area (Å²) in [5, 5.41) is 2.74. The van der Waals surface area contributed by atoms with Crippen LogP contribution in [0.1, 0.15) is 16.7 Å². The van der Waals surface area contributed by atoms with Crippen LogP contribution in [-0.2, 0) is 14.3 Å². The summed E-state index contributed by atoms with van der Waals surface area (Å²) in [5.74, 6) is 0.581. The third kappa shape index (κ3) is 5.07. The van der Waals surface area contributed by atoms with E-state index in [0.717, 1.165) is 11.1 Å². The zero-order valence-electron chi connectivity index (χ0n) is 16.6. The number of rotatable bonds is 6. The molecule has 0 saturated carbocycles. The Balaban J connectivity index is 1.57. The summed E-state index contributed by atoms with van der Waals surface area (Å²) in [6, 6.07) is 9.09. The summed E-state index contributed by atoms with van der Waals surface area (Å²) in [6.45, 7) is 4.40. The number of hydrogen-bond donors (Lipinski definition) is 1. The second-order valence-electron chi connectivity index (χ2n) is 6.48. The van der Waals surface area contributed by atoms with Crippen LogP contribution in [0, 0.1) is 13.8 Å². The molecule has 0 aromatic heterocycles. The van der Waals surface area contributed by atoms with Gasteiger partial charge >= 0.3 is 5.97 Å². The van der Waals surface area contributed by atoms with Gasteiger partial charge in [-0.3, -0.25) is 4.79 Å². The lowest BCUT2D eigenvalue weighted by molar-refractivity contribution is -0.142. The van der Waals surface area contributed by atoms with Gasteiger partial charge in [-0.05, 0) is 54.8 Å². The molecule has 1 aliphatic rings. The number of ether oxygens (including phenoxy) is 4. The van der Waals surface area contributed by atoms with Gasteiger partial charge in [-0.25, -0.2) is 4.79 Å². The van der Waals surface area contributed by atoms with Gasteiger partial charge in [0.1, 0.15) is 13.2 Å². The lowest BCUT2D eigenvalue weighted by Gasteiger charge is -2.20. The number of carbonyl (C=O) groups is 2. The molecule has 7 nitrogen and oxygen atoms in total. The van der Waals surface area contributed by atoms with Crippen molar-refractivity contribution in [3.05, 3.63) is 53.1 Å². The minimum absolute atomic E-state index is 0.374. The van der Waals surface area contributed by atoms with E-state index in [1.807, 2.05) is 26.0 Å². The standard InChI is InChI=1S/C22H23NO6/c1-14-5-4-6-17(15(14)2)23-20(24)13-29-21(25)8-7-16-11-18(26-3)22-19(12-16)27-9-10-28-22/h4-8,11-12H,9-10,13H2,1-3H3,(H,23,24)/b8-7+. The van der Waals surface area contributed by atoms with E-state index in [-0.39, 0.29) is 6.61 Å². The predicted octanol–water partition coefficient (Wildman–Crippen LogP) is 3.28. The van der Waals surface area contributed by atoms with E-state index in [4.69, 9.17) is 18.9 Å². The van der Waals surface area contributed by atoms with Crippen LogP contribution >= 0.6 is 0 Å². The van der Waals surface area contributed by atoms with E-state index in [2.05, 4.69) is 5.32 Å². The van der Waals surface area contributed by atoms with Crippen LogP contribution in [-0.4, -0.2) is 38.8 Å². The molecular weight excluding hydrogens is 374 g/mol. The van der Waals surface area contributed by atoms with Gasteiger partial charge in [-0.1, -0.05) is 12.1 Å². The van der Waals surface area contributed by atoms with Crippen molar-refractivity contribution in [3.63, 3.8) is 0 Å². The third-order valence-electron chi connectivity index (χ3n) is 4.49. The van der Waals surface area contributed by atoms with E-state index in [9.17, 15) is 9.59 Å². The number of nitrogens with one attached hydrogen (secondary N) is 1. The van der Waals surface area contributed by atoms with Gasteiger partial charge in [-0.2, -0.15) is 0 Å². The molecule has 0 saturated heterocycles. The Bertz CT molecular complexity index is 933. The first kappa shape index (κ1) is 20.3. The molecule has 0 spiro atoms. The Morgan fingerprint density at radius 3 is 2.76 bits per heavy atom. The largest absolute Gasteiger partial charge is 0.493 e. The van der Waals surface area contributed by atoms with Crippen molar-refractivity contribution >= 4 is 23.6 Å². The molecule has 29 heavy (non-hydrogen) atoms. The molecule has 0 bridgehead atoms. The predicted molar refractivity (Wildman–Crippen MR) is 109 cm³/mol. The molecule has 2 aromatic rings. The van der Waals surface area contributed by atoms with E-state index in [0.29, 0.717) is 41.7 Å². The number of carbonyl (C=O) groups excluding carboxylic acids is 2. The second kappa shape index (κ2) is 9.14. The van der Waals surface area contributed by atoms with E-state index in [1.54, 1.807) is 24.3 Å². The molecule has 0 fully saturated rings. The van der Waals surface area contributed by atoms with Gasteiger partial charge in [0.15, 0.2) is 18.1 Å². The average Bonchev–Trinajstić information content (AvgIpc) is 2.73. The summed E-state index contributed by atoms with van der Waals surface area (Å²) < 4.78 is 21.4. The normalized spacial score (nSPS) is 12.5. The minimum atomic E-state index is -0.630. The maximum absolute atomic E-state index is 12.0. The minimum Gasteiger partial charge on any atom is -0.493 e. The van der Waals surface area contributed by atoms with Crippen LogP contribution in [0.5, 0.6) is 17.2 Å². The molecule has 1 aliphatic heterocycles. The summed E-state index contributed by atoms with van der Waals surface area (Å²) in [4.78, 5) is 24.0. The van der Waals surface area contributed by atoms with Crippen molar-refractivity contribution in [2.75, 3.05) is 32.2 Å². The molecule has 1 N–H and O–H groups in total. The second-order valence-corrected chi connectivity index (χ2v) is 6.48. The molecule has 1 amide bonds. The van der Waals surface area contributed by atoms with Crippen molar-refractivity contribution in [2.45, 2.75) is 13.8 Å². The van der Waals surface area contributed by atoms with E-state index in [1.165, 1.54) is 13.2 Å². The monoisotopic (exact) mass is 397 g/mol. The van der Waals surface area contributed by atoms with Gasteiger partial charge in [0, 0.05) is 11.8 Å². The topological polar surface area (TPSA) is 83.1 Å². The number of fused-ring (bicyclic) bond motifs is 1. The van der Waals surface area contributed by atoms with Crippen LogP contribution in [0.2, 0.25) is 0 Å². The quantitative estimate of drug-likeness (QED) is 0.595.